The number of benzene rings is 1. The second-order valence-electron chi connectivity index (χ2n) is 2.31. The topological polar surface area (TPSA) is 69.4 Å². The zero-order chi connectivity index (χ0) is 10.7. The van der Waals surface area contributed by atoms with Crippen LogP contribution in [0.5, 0.6) is 0 Å². The number of amides is 1. The maximum absolute atomic E-state index is 11.2. The number of hydrogen-bond acceptors (Lipinski definition) is 3. The van der Waals surface area contributed by atoms with Crippen molar-refractivity contribution < 1.29 is 14.3 Å². The van der Waals surface area contributed by atoms with Crippen LogP contribution in [0.15, 0.2) is 18.2 Å². The van der Waals surface area contributed by atoms with Gasteiger partial charge in [-0.25, -0.2) is 9.59 Å². The van der Waals surface area contributed by atoms with Gasteiger partial charge in [-0.15, -0.1) is 0 Å². The third-order valence-electron chi connectivity index (χ3n) is 1.36. The van der Waals surface area contributed by atoms with Crippen LogP contribution in [0.2, 0.25) is 10.0 Å². The molecule has 14 heavy (non-hydrogen) atoms. The molecule has 0 spiro atoms. The molecule has 0 aliphatic rings. The Hall–Kier alpha value is -1.26. The van der Waals surface area contributed by atoms with Crippen LogP contribution in [-0.4, -0.2) is 12.1 Å². The maximum atomic E-state index is 11.2. The fourth-order valence-electron chi connectivity index (χ4n) is 0.835. The molecule has 0 unspecified atom stereocenters. The monoisotopic (exact) mass is 233 g/mol. The highest BCUT2D eigenvalue weighted by Crippen LogP contribution is 2.24. The van der Waals surface area contributed by atoms with Crippen molar-refractivity contribution in [2.75, 3.05) is 0 Å². The first-order valence-electron chi connectivity index (χ1n) is 3.48. The van der Waals surface area contributed by atoms with Gasteiger partial charge >= 0.3 is 12.1 Å². The molecule has 0 heterocycles. The van der Waals surface area contributed by atoms with E-state index < -0.39 is 12.1 Å². The first-order valence-corrected chi connectivity index (χ1v) is 4.23. The summed E-state index contributed by atoms with van der Waals surface area (Å²) in [5.41, 5.74) is 4.59. The minimum absolute atomic E-state index is 0.0744. The molecule has 0 saturated carbocycles. The van der Waals surface area contributed by atoms with E-state index in [-0.39, 0.29) is 15.6 Å². The van der Waals surface area contributed by atoms with Gasteiger partial charge in [0.1, 0.15) is 0 Å². The lowest BCUT2D eigenvalue weighted by Crippen LogP contribution is -2.19. The number of esters is 1. The van der Waals surface area contributed by atoms with Crippen molar-refractivity contribution >= 4 is 35.3 Å². The van der Waals surface area contributed by atoms with Gasteiger partial charge in [-0.1, -0.05) is 29.3 Å². The second-order valence-corrected chi connectivity index (χ2v) is 3.12. The van der Waals surface area contributed by atoms with Crippen LogP contribution in [0.3, 0.4) is 0 Å². The fourth-order valence-corrected chi connectivity index (χ4v) is 1.39. The van der Waals surface area contributed by atoms with E-state index >= 15 is 0 Å². The summed E-state index contributed by atoms with van der Waals surface area (Å²) in [5.74, 6) is -0.965. The molecule has 1 rings (SSSR count). The van der Waals surface area contributed by atoms with E-state index in [4.69, 9.17) is 23.2 Å². The first-order chi connectivity index (χ1) is 6.52. The number of ether oxygens (including phenoxy) is 1. The summed E-state index contributed by atoms with van der Waals surface area (Å²) in [7, 11) is 0. The molecule has 0 aromatic heterocycles. The number of rotatable bonds is 1. The summed E-state index contributed by atoms with van der Waals surface area (Å²) in [6.45, 7) is 0. The average Bonchev–Trinajstić information content (AvgIpc) is 2.01. The van der Waals surface area contributed by atoms with Crippen LogP contribution < -0.4 is 5.73 Å². The van der Waals surface area contributed by atoms with Crippen LogP contribution >= 0.6 is 23.2 Å². The van der Waals surface area contributed by atoms with Crippen LogP contribution in [0.1, 0.15) is 10.4 Å². The Morgan fingerprint density at radius 1 is 1.21 bits per heavy atom. The number of nitrogens with two attached hydrogens (primary N) is 1. The number of carbonyl (C=O) groups is 2. The Bertz CT molecular complexity index is 372. The van der Waals surface area contributed by atoms with Gasteiger partial charge in [0.25, 0.3) is 0 Å². The van der Waals surface area contributed by atoms with E-state index in [1.807, 2.05) is 0 Å². The average molecular weight is 234 g/mol. The van der Waals surface area contributed by atoms with Crippen molar-refractivity contribution in [3.8, 4) is 0 Å². The van der Waals surface area contributed by atoms with Gasteiger partial charge in [-0.3, -0.25) is 0 Å². The molecular weight excluding hydrogens is 229 g/mol. The maximum Gasteiger partial charge on any atom is 0.412 e. The zero-order valence-corrected chi connectivity index (χ0v) is 8.30. The van der Waals surface area contributed by atoms with Gasteiger partial charge in [0.05, 0.1) is 15.6 Å². The van der Waals surface area contributed by atoms with E-state index in [9.17, 15) is 9.59 Å². The number of primary amides is 1. The lowest BCUT2D eigenvalue weighted by molar-refractivity contribution is 0.0639. The molecule has 2 N–H and O–H groups in total. The van der Waals surface area contributed by atoms with Crippen LogP contribution in [0.25, 0.3) is 0 Å². The molecule has 74 valence electrons. The van der Waals surface area contributed by atoms with Gasteiger partial charge in [0.2, 0.25) is 0 Å². The minimum atomic E-state index is -1.20. The van der Waals surface area contributed by atoms with E-state index in [0.29, 0.717) is 0 Å². The summed E-state index contributed by atoms with van der Waals surface area (Å²) in [6, 6.07) is 4.46. The summed E-state index contributed by atoms with van der Waals surface area (Å²) < 4.78 is 4.13. The fraction of sp³-hybridized carbons (Fsp3) is 0. The molecule has 1 aromatic carbocycles. The molecule has 0 atom stereocenters. The van der Waals surface area contributed by atoms with Crippen molar-refractivity contribution in [3.05, 3.63) is 33.8 Å². The first kappa shape index (κ1) is 10.8. The minimum Gasteiger partial charge on any atom is -0.373 e. The Labute approximate surface area is 89.5 Å². The molecule has 0 saturated heterocycles. The molecular formula is C8H5Cl2NO3. The lowest BCUT2D eigenvalue weighted by atomic mass is 10.2. The number of hydrogen-bond donors (Lipinski definition) is 1. The van der Waals surface area contributed by atoms with E-state index in [0.717, 1.165) is 0 Å². The second kappa shape index (κ2) is 4.30. The highest BCUT2D eigenvalue weighted by molar-refractivity contribution is 6.39. The largest absolute Gasteiger partial charge is 0.412 e. The molecule has 4 nitrogen and oxygen atoms in total. The predicted molar refractivity (Wildman–Crippen MR) is 51.5 cm³/mol. The Kier molecular flexibility index (Phi) is 3.33. The van der Waals surface area contributed by atoms with Crippen LogP contribution in [0.4, 0.5) is 4.79 Å². The lowest BCUT2D eigenvalue weighted by Gasteiger charge is -2.03. The van der Waals surface area contributed by atoms with Crippen molar-refractivity contribution in [2.24, 2.45) is 5.73 Å². The summed E-state index contributed by atoms with van der Waals surface area (Å²) in [6.07, 6.45) is -1.20. The number of halogens is 2. The molecule has 0 bridgehead atoms. The smallest absolute Gasteiger partial charge is 0.373 e. The van der Waals surface area contributed by atoms with Crippen LogP contribution in [0, 0.1) is 0 Å². The van der Waals surface area contributed by atoms with Crippen molar-refractivity contribution in [1.82, 2.24) is 0 Å². The Morgan fingerprint density at radius 3 is 2.14 bits per heavy atom. The molecule has 0 fully saturated rings. The van der Waals surface area contributed by atoms with Gasteiger partial charge in [0, 0.05) is 0 Å². The molecule has 0 radical (unpaired) electrons. The molecule has 1 amide bonds. The SMILES string of the molecule is NC(=O)OC(=O)c1c(Cl)cccc1Cl. The van der Waals surface area contributed by atoms with E-state index in [1.165, 1.54) is 12.1 Å². The summed E-state index contributed by atoms with van der Waals surface area (Å²) in [5, 5.41) is 0.201. The van der Waals surface area contributed by atoms with Gasteiger partial charge in [0.15, 0.2) is 0 Å². The highest BCUT2D eigenvalue weighted by atomic mass is 35.5. The Morgan fingerprint density at radius 2 is 1.71 bits per heavy atom. The van der Waals surface area contributed by atoms with E-state index in [2.05, 4.69) is 10.5 Å². The summed E-state index contributed by atoms with van der Waals surface area (Å²) >= 11 is 11.3. The normalized spacial score (nSPS) is 9.57. The van der Waals surface area contributed by atoms with Crippen molar-refractivity contribution in [1.29, 1.82) is 0 Å². The molecule has 6 heteroatoms. The van der Waals surface area contributed by atoms with Gasteiger partial charge in [-0.05, 0) is 12.1 Å². The molecule has 0 aliphatic heterocycles. The molecule has 0 aliphatic carbocycles. The van der Waals surface area contributed by atoms with E-state index in [1.54, 1.807) is 6.07 Å². The van der Waals surface area contributed by atoms with Crippen LogP contribution in [-0.2, 0) is 4.74 Å². The zero-order valence-electron chi connectivity index (χ0n) is 6.79. The quantitative estimate of drug-likeness (QED) is 0.598. The van der Waals surface area contributed by atoms with Crippen molar-refractivity contribution in [3.63, 3.8) is 0 Å². The standard InChI is InChI=1S/C8H5Cl2NO3/c9-4-2-1-3-5(10)6(4)7(12)14-8(11)13/h1-3H,(H2,11,13). The number of carbonyl (C=O) groups excluding carboxylic acids is 2. The Balaban J connectivity index is 3.06. The third-order valence-corrected chi connectivity index (χ3v) is 1.99. The van der Waals surface area contributed by atoms with Gasteiger partial charge < -0.3 is 10.5 Å². The highest BCUT2D eigenvalue weighted by Gasteiger charge is 2.17. The van der Waals surface area contributed by atoms with Gasteiger partial charge in [-0.2, -0.15) is 0 Å². The molecule has 1 aromatic rings. The predicted octanol–water partition coefficient (Wildman–Crippen LogP) is 2.23. The summed E-state index contributed by atoms with van der Waals surface area (Å²) in [4.78, 5) is 21.5. The third kappa shape index (κ3) is 2.37. The van der Waals surface area contributed by atoms with Crippen molar-refractivity contribution in [2.45, 2.75) is 0 Å².